The third kappa shape index (κ3) is 4.12. The third-order valence-electron chi connectivity index (χ3n) is 3.90. The summed E-state index contributed by atoms with van der Waals surface area (Å²) in [5.74, 6) is 0.673. The van der Waals surface area contributed by atoms with Gasteiger partial charge in [0.05, 0.1) is 12.0 Å². The van der Waals surface area contributed by atoms with E-state index in [1.807, 2.05) is 38.1 Å². The molecular formula is C18H23NO3S. The number of sulfonamides is 1. The van der Waals surface area contributed by atoms with Crippen molar-refractivity contribution in [2.24, 2.45) is 0 Å². The highest BCUT2D eigenvalue weighted by Gasteiger charge is 2.19. The first-order valence-corrected chi connectivity index (χ1v) is 9.11. The van der Waals surface area contributed by atoms with E-state index in [9.17, 15) is 8.42 Å². The molecule has 2 aromatic rings. The maximum Gasteiger partial charge on any atom is 0.241 e. The molecule has 0 aromatic heterocycles. The van der Waals surface area contributed by atoms with Crippen molar-refractivity contribution in [3.05, 3.63) is 59.2 Å². The largest absolute Gasteiger partial charge is 0.496 e. The van der Waals surface area contributed by atoms with Crippen molar-refractivity contribution in [1.29, 1.82) is 0 Å². The highest BCUT2D eigenvalue weighted by atomic mass is 32.2. The van der Waals surface area contributed by atoms with Gasteiger partial charge in [0.25, 0.3) is 0 Å². The maximum atomic E-state index is 12.5. The highest BCUT2D eigenvalue weighted by molar-refractivity contribution is 7.89. The second-order valence-corrected chi connectivity index (χ2v) is 7.28. The van der Waals surface area contributed by atoms with Gasteiger partial charge in [-0.25, -0.2) is 13.1 Å². The van der Waals surface area contributed by atoms with Crippen molar-refractivity contribution in [3.8, 4) is 5.75 Å². The molecule has 4 nitrogen and oxygen atoms in total. The Balaban J connectivity index is 2.21. The van der Waals surface area contributed by atoms with E-state index in [1.165, 1.54) is 5.56 Å². The van der Waals surface area contributed by atoms with Crippen LogP contribution in [0.3, 0.4) is 0 Å². The Morgan fingerprint density at radius 3 is 2.30 bits per heavy atom. The van der Waals surface area contributed by atoms with Gasteiger partial charge in [-0.3, -0.25) is 0 Å². The Morgan fingerprint density at radius 1 is 1.13 bits per heavy atom. The number of benzene rings is 2. The van der Waals surface area contributed by atoms with Crippen molar-refractivity contribution >= 4 is 10.0 Å². The van der Waals surface area contributed by atoms with E-state index in [1.54, 1.807) is 25.3 Å². The zero-order valence-electron chi connectivity index (χ0n) is 14.0. The van der Waals surface area contributed by atoms with Crippen LogP contribution >= 0.6 is 0 Å². The molecule has 5 heteroatoms. The van der Waals surface area contributed by atoms with Crippen molar-refractivity contribution in [2.75, 3.05) is 7.11 Å². The first kappa shape index (κ1) is 17.5. The lowest BCUT2D eigenvalue weighted by Crippen LogP contribution is -2.27. The summed E-state index contributed by atoms with van der Waals surface area (Å²) >= 11 is 0. The van der Waals surface area contributed by atoms with Crippen molar-refractivity contribution in [1.82, 2.24) is 4.72 Å². The molecule has 0 fully saturated rings. The van der Waals surface area contributed by atoms with Gasteiger partial charge < -0.3 is 4.74 Å². The summed E-state index contributed by atoms with van der Waals surface area (Å²) in [6, 6.07) is 12.5. The molecule has 2 rings (SSSR count). The topological polar surface area (TPSA) is 55.4 Å². The van der Waals surface area contributed by atoms with E-state index in [0.717, 1.165) is 17.5 Å². The Morgan fingerprint density at radius 2 is 1.78 bits per heavy atom. The second kappa shape index (κ2) is 7.15. The zero-order valence-corrected chi connectivity index (χ0v) is 14.8. The summed E-state index contributed by atoms with van der Waals surface area (Å²) in [7, 11) is -2.01. The van der Waals surface area contributed by atoms with Crippen molar-refractivity contribution in [2.45, 2.75) is 38.1 Å². The van der Waals surface area contributed by atoms with Crippen LogP contribution in [0, 0.1) is 6.92 Å². The minimum absolute atomic E-state index is 0.243. The summed E-state index contributed by atoms with van der Waals surface area (Å²) in [6.45, 7) is 5.76. The molecule has 1 N–H and O–H groups in total. The van der Waals surface area contributed by atoms with Gasteiger partial charge in [0.15, 0.2) is 0 Å². The van der Waals surface area contributed by atoms with Crippen LogP contribution in [0.2, 0.25) is 0 Å². The van der Waals surface area contributed by atoms with Crippen LogP contribution in [0.1, 0.15) is 36.6 Å². The molecule has 0 saturated carbocycles. The van der Waals surface area contributed by atoms with E-state index < -0.39 is 10.0 Å². The highest BCUT2D eigenvalue weighted by Crippen LogP contribution is 2.23. The normalized spacial score (nSPS) is 12.9. The number of ether oxygens (including phenoxy) is 1. The van der Waals surface area contributed by atoms with Gasteiger partial charge in [-0.05, 0) is 55.2 Å². The van der Waals surface area contributed by atoms with Crippen LogP contribution in [0.4, 0.5) is 0 Å². The molecule has 0 amide bonds. The van der Waals surface area contributed by atoms with Gasteiger partial charge in [0, 0.05) is 6.04 Å². The van der Waals surface area contributed by atoms with Gasteiger partial charge in [-0.1, -0.05) is 31.2 Å². The van der Waals surface area contributed by atoms with E-state index in [2.05, 4.69) is 11.6 Å². The molecule has 0 radical (unpaired) electrons. The monoisotopic (exact) mass is 333 g/mol. The molecule has 0 aliphatic rings. The molecule has 0 aliphatic heterocycles. The zero-order chi connectivity index (χ0) is 17.0. The first-order chi connectivity index (χ1) is 10.9. The minimum atomic E-state index is -3.58. The SMILES string of the molecule is CCc1ccc([C@H](C)NS(=O)(=O)c2ccc(OC)c(C)c2)cc1. The average molecular weight is 333 g/mol. The second-order valence-electron chi connectivity index (χ2n) is 5.57. The van der Waals surface area contributed by atoms with Gasteiger partial charge >= 0.3 is 0 Å². The average Bonchev–Trinajstić information content (AvgIpc) is 2.54. The molecule has 0 aliphatic carbocycles. The lowest BCUT2D eigenvalue weighted by Gasteiger charge is -2.16. The molecule has 23 heavy (non-hydrogen) atoms. The molecule has 124 valence electrons. The van der Waals surface area contributed by atoms with E-state index >= 15 is 0 Å². The molecule has 0 bridgehead atoms. The van der Waals surface area contributed by atoms with Crippen LogP contribution in [0.15, 0.2) is 47.4 Å². The molecule has 0 spiro atoms. The van der Waals surface area contributed by atoms with Gasteiger partial charge in [0.1, 0.15) is 5.75 Å². The predicted molar refractivity (Wildman–Crippen MR) is 92.3 cm³/mol. The van der Waals surface area contributed by atoms with E-state index in [0.29, 0.717) is 5.75 Å². The number of aryl methyl sites for hydroxylation is 2. The standard InChI is InChI=1S/C18H23NO3S/c1-5-15-6-8-16(9-7-15)14(3)19-23(20,21)17-10-11-18(22-4)13(2)12-17/h6-12,14,19H,5H2,1-4H3/t14-/m0/s1. The van der Waals surface area contributed by atoms with Gasteiger partial charge in [0.2, 0.25) is 10.0 Å². The Labute approximate surface area is 138 Å². The van der Waals surface area contributed by atoms with Crippen LogP contribution in [-0.4, -0.2) is 15.5 Å². The molecular weight excluding hydrogens is 310 g/mol. The first-order valence-electron chi connectivity index (χ1n) is 7.63. The van der Waals surface area contributed by atoms with Crippen molar-refractivity contribution in [3.63, 3.8) is 0 Å². The molecule has 2 aromatic carbocycles. The fourth-order valence-electron chi connectivity index (χ4n) is 2.43. The number of methoxy groups -OCH3 is 1. The maximum absolute atomic E-state index is 12.5. The lowest BCUT2D eigenvalue weighted by atomic mass is 10.1. The van der Waals surface area contributed by atoms with Gasteiger partial charge in [-0.15, -0.1) is 0 Å². The number of nitrogens with one attached hydrogen (secondary N) is 1. The summed E-state index contributed by atoms with van der Waals surface area (Å²) in [4.78, 5) is 0.243. The summed E-state index contributed by atoms with van der Waals surface area (Å²) in [6.07, 6.45) is 0.964. The summed E-state index contributed by atoms with van der Waals surface area (Å²) in [5.41, 5.74) is 2.96. The van der Waals surface area contributed by atoms with Crippen LogP contribution in [0.5, 0.6) is 5.75 Å². The number of hydrogen-bond donors (Lipinski definition) is 1. The summed E-state index contributed by atoms with van der Waals surface area (Å²) < 4.78 is 33.0. The number of hydrogen-bond acceptors (Lipinski definition) is 3. The van der Waals surface area contributed by atoms with E-state index in [-0.39, 0.29) is 10.9 Å². The quantitative estimate of drug-likeness (QED) is 0.878. The fourth-order valence-corrected chi connectivity index (χ4v) is 3.75. The smallest absolute Gasteiger partial charge is 0.241 e. The van der Waals surface area contributed by atoms with Crippen LogP contribution < -0.4 is 9.46 Å². The summed E-state index contributed by atoms with van der Waals surface area (Å²) in [5, 5.41) is 0. The lowest BCUT2D eigenvalue weighted by molar-refractivity contribution is 0.411. The van der Waals surface area contributed by atoms with E-state index in [4.69, 9.17) is 4.74 Å². The Bertz CT molecular complexity index is 767. The third-order valence-corrected chi connectivity index (χ3v) is 5.43. The molecule has 0 saturated heterocycles. The number of rotatable bonds is 6. The fraction of sp³-hybridized carbons (Fsp3) is 0.333. The predicted octanol–water partition coefficient (Wildman–Crippen LogP) is 3.61. The minimum Gasteiger partial charge on any atom is -0.496 e. The Kier molecular flexibility index (Phi) is 5.44. The Hall–Kier alpha value is -1.85. The van der Waals surface area contributed by atoms with Crippen molar-refractivity contribution < 1.29 is 13.2 Å². The van der Waals surface area contributed by atoms with Gasteiger partial charge in [-0.2, -0.15) is 0 Å². The molecule has 0 heterocycles. The molecule has 0 unspecified atom stereocenters. The van der Waals surface area contributed by atoms with Crippen LogP contribution in [-0.2, 0) is 16.4 Å². The van der Waals surface area contributed by atoms with Crippen LogP contribution in [0.25, 0.3) is 0 Å². The molecule has 1 atom stereocenters.